The molecule has 0 atom stereocenters. The minimum Gasteiger partial charge on any atom is -0.357 e. The van der Waals surface area contributed by atoms with E-state index in [4.69, 9.17) is 0 Å². The normalized spacial score (nSPS) is 20.4. The number of nitrogens with zero attached hydrogens (tertiary/aromatic N) is 4. The van der Waals surface area contributed by atoms with Crippen LogP contribution in [0, 0.1) is 0 Å². The summed E-state index contributed by atoms with van der Waals surface area (Å²) in [5.74, 6) is 0.887. The number of likely N-dealkylation sites (tertiary alicyclic amines) is 1. The number of nitrogens with one attached hydrogen (secondary N) is 2. The molecule has 2 aliphatic heterocycles. The predicted octanol–water partition coefficient (Wildman–Crippen LogP) is -0.199. The Kier molecular flexibility index (Phi) is 8.32. The van der Waals surface area contributed by atoms with Crippen LogP contribution in [0.15, 0.2) is 4.99 Å². The van der Waals surface area contributed by atoms with Crippen molar-refractivity contribution in [3.63, 3.8) is 0 Å². The Morgan fingerprint density at radius 1 is 0.958 bits per heavy atom. The zero-order valence-corrected chi connectivity index (χ0v) is 15.4. The van der Waals surface area contributed by atoms with Crippen molar-refractivity contribution in [1.82, 2.24) is 25.3 Å². The molecule has 0 aromatic heterocycles. The summed E-state index contributed by atoms with van der Waals surface area (Å²) >= 11 is 0. The van der Waals surface area contributed by atoms with Crippen LogP contribution >= 0.6 is 0 Å². The van der Waals surface area contributed by atoms with Crippen LogP contribution in [-0.2, 0) is 4.79 Å². The van der Waals surface area contributed by atoms with E-state index in [1.807, 2.05) is 11.8 Å². The molecule has 7 nitrogen and oxygen atoms in total. The Balaban J connectivity index is 1.68. The van der Waals surface area contributed by atoms with Gasteiger partial charge in [0.15, 0.2) is 5.96 Å². The van der Waals surface area contributed by atoms with Gasteiger partial charge in [-0.3, -0.25) is 9.69 Å². The fourth-order valence-electron chi connectivity index (χ4n) is 3.22. The summed E-state index contributed by atoms with van der Waals surface area (Å²) in [5, 5.41) is 6.58. The number of amides is 1. The van der Waals surface area contributed by atoms with Gasteiger partial charge >= 0.3 is 0 Å². The molecule has 0 radical (unpaired) electrons. The highest BCUT2D eigenvalue weighted by Crippen LogP contribution is 2.07. The third-order valence-electron chi connectivity index (χ3n) is 4.81. The third-order valence-corrected chi connectivity index (χ3v) is 4.81. The molecule has 2 N–H and O–H groups in total. The molecule has 0 aromatic carbocycles. The molecule has 2 rings (SSSR count). The Morgan fingerprint density at radius 2 is 1.62 bits per heavy atom. The van der Waals surface area contributed by atoms with Crippen molar-refractivity contribution in [2.24, 2.45) is 4.99 Å². The monoisotopic (exact) mass is 338 g/mol. The minimum absolute atomic E-state index is 0.139. The highest BCUT2D eigenvalue weighted by atomic mass is 16.2. The Labute approximate surface area is 146 Å². The van der Waals surface area contributed by atoms with Gasteiger partial charge in [0.2, 0.25) is 5.91 Å². The molecule has 0 unspecified atom stereocenters. The molecule has 0 bridgehead atoms. The number of hydrogen-bond acceptors (Lipinski definition) is 4. The molecule has 24 heavy (non-hydrogen) atoms. The Hall–Kier alpha value is -1.34. The van der Waals surface area contributed by atoms with Gasteiger partial charge in [0.25, 0.3) is 0 Å². The number of likely N-dealkylation sites (N-methyl/N-ethyl adjacent to an activating group) is 1. The third kappa shape index (κ3) is 6.28. The number of guanidine groups is 1. The van der Waals surface area contributed by atoms with E-state index in [0.717, 1.165) is 84.2 Å². The number of hydrogen-bond donors (Lipinski definition) is 2. The summed E-state index contributed by atoms with van der Waals surface area (Å²) in [4.78, 5) is 23.4. The van der Waals surface area contributed by atoms with Crippen LogP contribution in [0.1, 0.15) is 26.7 Å². The second-order valence-electron chi connectivity index (χ2n) is 6.49. The smallest absolute Gasteiger partial charge is 0.244 e. The molecule has 1 amide bonds. The van der Waals surface area contributed by atoms with Crippen LogP contribution in [0.2, 0.25) is 0 Å². The molecule has 2 saturated heterocycles. The molecular weight excluding hydrogens is 304 g/mol. The SMILES string of the molecule is CCNC(=NCC(=O)N1CCCC1)NCCN1CCN(CC)CC1. The Morgan fingerprint density at radius 3 is 2.25 bits per heavy atom. The predicted molar refractivity (Wildman–Crippen MR) is 98.3 cm³/mol. The van der Waals surface area contributed by atoms with Gasteiger partial charge in [0, 0.05) is 58.9 Å². The maximum atomic E-state index is 12.1. The van der Waals surface area contributed by atoms with E-state index in [1.54, 1.807) is 0 Å². The van der Waals surface area contributed by atoms with Crippen LogP contribution < -0.4 is 10.6 Å². The number of carbonyl (C=O) groups excluding carboxylic acids is 1. The molecule has 0 saturated carbocycles. The Bertz CT molecular complexity index is 400. The van der Waals surface area contributed by atoms with E-state index >= 15 is 0 Å². The standard InChI is InChI=1S/C17H34N6O/c1-3-18-17(20-15-16(24)23-8-5-6-9-23)19-7-10-22-13-11-21(4-2)12-14-22/h3-15H2,1-2H3,(H2,18,19,20). The summed E-state index contributed by atoms with van der Waals surface area (Å²) in [6.07, 6.45) is 2.25. The van der Waals surface area contributed by atoms with E-state index in [1.165, 1.54) is 0 Å². The molecule has 7 heteroatoms. The van der Waals surface area contributed by atoms with Gasteiger partial charge in [-0.05, 0) is 26.3 Å². The first-order valence-electron chi connectivity index (χ1n) is 9.47. The van der Waals surface area contributed by atoms with Crippen LogP contribution in [-0.4, -0.2) is 98.6 Å². The largest absolute Gasteiger partial charge is 0.357 e. The first-order chi connectivity index (χ1) is 11.7. The second-order valence-corrected chi connectivity index (χ2v) is 6.49. The summed E-state index contributed by atoms with van der Waals surface area (Å²) in [7, 11) is 0. The quantitative estimate of drug-likeness (QED) is 0.497. The summed E-state index contributed by atoms with van der Waals surface area (Å²) < 4.78 is 0. The van der Waals surface area contributed by atoms with Gasteiger partial charge in [-0.2, -0.15) is 0 Å². The van der Waals surface area contributed by atoms with Crippen molar-refractivity contribution in [3.05, 3.63) is 0 Å². The summed E-state index contributed by atoms with van der Waals surface area (Å²) in [5.41, 5.74) is 0. The number of piperazine rings is 1. The summed E-state index contributed by atoms with van der Waals surface area (Å²) in [6, 6.07) is 0. The molecule has 0 aliphatic carbocycles. The topological polar surface area (TPSA) is 63.2 Å². The van der Waals surface area contributed by atoms with E-state index in [-0.39, 0.29) is 12.5 Å². The maximum absolute atomic E-state index is 12.1. The molecule has 0 aromatic rings. The zero-order chi connectivity index (χ0) is 17.2. The average molecular weight is 339 g/mol. The van der Waals surface area contributed by atoms with Gasteiger partial charge in [-0.15, -0.1) is 0 Å². The van der Waals surface area contributed by atoms with Crippen molar-refractivity contribution < 1.29 is 4.79 Å². The van der Waals surface area contributed by atoms with E-state index in [9.17, 15) is 4.79 Å². The number of carbonyl (C=O) groups is 1. The van der Waals surface area contributed by atoms with Crippen molar-refractivity contribution >= 4 is 11.9 Å². The van der Waals surface area contributed by atoms with E-state index < -0.39 is 0 Å². The fourth-order valence-corrected chi connectivity index (χ4v) is 3.22. The lowest BCUT2D eigenvalue weighted by Crippen LogP contribution is -2.49. The lowest BCUT2D eigenvalue weighted by atomic mass is 10.3. The molecule has 2 aliphatic rings. The first kappa shape index (κ1) is 19.0. The van der Waals surface area contributed by atoms with Gasteiger partial charge in [-0.25, -0.2) is 4.99 Å². The van der Waals surface area contributed by atoms with Crippen LogP contribution in [0.4, 0.5) is 0 Å². The molecule has 2 fully saturated rings. The van der Waals surface area contributed by atoms with Gasteiger partial charge < -0.3 is 20.4 Å². The van der Waals surface area contributed by atoms with E-state index in [0.29, 0.717) is 0 Å². The lowest BCUT2D eigenvalue weighted by Gasteiger charge is -2.34. The number of rotatable bonds is 7. The van der Waals surface area contributed by atoms with Crippen molar-refractivity contribution in [3.8, 4) is 0 Å². The average Bonchev–Trinajstić information content (AvgIpc) is 3.14. The van der Waals surface area contributed by atoms with Gasteiger partial charge in [0.1, 0.15) is 6.54 Å². The zero-order valence-electron chi connectivity index (χ0n) is 15.4. The first-order valence-corrected chi connectivity index (χ1v) is 9.47. The molecule has 0 spiro atoms. The van der Waals surface area contributed by atoms with Crippen molar-refractivity contribution in [2.45, 2.75) is 26.7 Å². The molecular formula is C17H34N6O. The highest BCUT2D eigenvalue weighted by molar-refractivity contribution is 5.85. The lowest BCUT2D eigenvalue weighted by molar-refractivity contribution is -0.128. The van der Waals surface area contributed by atoms with Gasteiger partial charge in [-0.1, -0.05) is 6.92 Å². The number of aliphatic imine (C=N–C) groups is 1. The van der Waals surface area contributed by atoms with Crippen molar-refractivity contribution in [1.29, 1.82) is 0 Å². The molecule has 138 valence electrons. The fraction of sp³-hybridized carbons (Fsp3) is 0.882. The van der Waals surface area contributed by atoms with E-state index in [2.05, 4.69) is 32.3 Å². The summed E-state index contributed by atoms with van der Waals surface area (Å²) in [6.45, 7) is 14.7. The van der Waals surface area contributed by atoms with Crippen LogP contribution in [0.5, 0.6) is 0 Å². The van der Waals surface area contributed by atoms with Crippen LogP contribution in [0.25, 0.3) is 0 Å². The maximum Gasteiger partial charge on any atom is 0.244 e. The minimum atomic E-state index is 0.139. The van der Waals surface area contributed by atoms with Crippen molar-refractivity contribution in [2.75, 3.05) is 72.0 Å². The highest BCUT2D eigenvalue weighted by Gasteiger charge is 2.17. The second kappa shape index (κ2) is 10.5. The van der Waals surface area contributed by atoms with Crippen LogP contribution in [0.3, 0.4) is 0 Å². The van der Waals surface area contributed by atoms with Gasteiger partial charge in [0.05, 0.1) is 0 Å². The molecule has 2 heterocycles.